The Bertz CT molecular complexity index is 304. The molecular weight excluding hydrogens is 229 g/mol. The van der Waals surface area contributed by atoms with E-state index >= 15 is 0 Å². The molecule has 0 saturated heterocycles. The van der Waals surface area contributed by atoms with E-state index in [1.807, 2.05) is 13.8 Å². The number of aliphatic hydroxyl groups excluding tert-OH is 1. The minimum Gasteiger partial charge on any atom is -0.391 e. The number of hydrogen-bond acceptors (Lipinski definition) is 2. The smallest absolute Gasteiger partial charge is 0.123 e. The van der Waals surface area contributed by atoms with Crippen molar-refractivity contribution >= 4 is 12.4 Å². The van der Waals surface area contributed by atoms with Crippen LogP contribution >= 0.6 is 12.4 Å². The van der Waals surface area contributed by atoms with Crippen LogP contribution in [-0.2, 0) is 0 Å². The summed E-state index contributed by atoms with van der Waals surface area (Å²) in [7, 11) is 0. The summed E-state index contributed by atoms with van der Waals surface area (Å²) in [5, 5.41) is 9.89. The van der Waals surface area contributed by atoms with E-state index < -0.39 is 12.1 Å². The van der Waals surface area contributed by atoms with Gasteiger partial charge in [-0.05, 0) is 23.6 Å². The van der Waals surface area contributed by atoms with E-state index in [9.17, 15) is 9.50 Å². The normalized spacial score (nSPS) is 16.1. The summed E-state index contributed by atoms with van der Waals surface area (Å²) in [4.78, 5) is 0. The second-order valence-electron chi connectivity index (χ2n) is 3.95. The summed E-state index contributed by atoms with van der Waals surface area (Å²) in [6, 6.07) is 5.51. The lowest BCUT2D eigenvalue weighted by molar-refractivity contribution is 0.0879. The molecule has 0 aliphatic heterocycles. The van der Waals surface area contributed by atoms with Gasteiger partial charge in [-0.25, -0.2) is 4.39 Å². The van der Waals surface area contributed by atoms with Crippen LogP contribution in [0.15, 0.2) is 24.3 Å². The highest BCUT2D eigenvalue weighted by Gasteiger charge is 2.21. The Kier molecular flexibility index (Phi) is 6.56. The summed E-state index contributed by atoms with van der Waals surface area (Å²) < 4.78 is 12.7. The first-order chi connectivity index (χ1) is 7.06. The monoisotopic (exact) mass is 247 g/mol. The zero-order valence-electron chi connectivity index (χ0n) is 9.56. The van der Waals surface area contributed by atoms with Crippen molar-refractivity contribution in [3.63, 3.8) is 0 Å². The van der Waals surface area contributed by atoms with Crippen molar-refractivity contribution < 1.29 is 9.50 Å². The predicted octanol–water partition coefficient (Wildman–Crippen LogP) is 2.65. The van der Waals surface area contributed by atoms with Crippen molar-refractivity contribution in [1.29, 1.82) is 0 Å². The molecule has 16 heavy (non-hydrogen) atoms. The lowest BCUT2D eigenvalue weighted by Gasteiger charge is -2.24. The Morgan fingerprint density at radius 3 is 2.25 bits per heavy atom. The van der Waals surface area contributed by atoms with Crippen LogP contribution in [0.1, 0.15) is 31.9 Å². The molecule has 2 nitrogen and oxygen atoms in total. The predicted molar refractivity (Wildman–Crippen MR) is 66.0 cm³/mol. The fourth-order valence-electron chi connectivity index (χ4n) is 1.48. The first-order valence-electron chi connectivity index (χ1n) is 5.25. The minimum absolute atomic E-state index is 0. The zero-order valence-corrected chi connectivity index (χ0v) is 10.4. The van der Waals surface area contributed by atoms with Crippen molar-refractivity contribution in [3.05, 3.63) is 35.6 Å². The highest BCUT2D eigenvalue weighted by Crippen LogP contribution is 2.21. The molecule has 92 valence electrons. The van der Waals surface area contributed by atoms with E-state index in [1.54, 1.807) is 12.1 Å². The quantitative estimate of drug-likeness (QED) is 0.859. The van der Waals surface area contributed by atoms with Crippen molar-refractivity contribution in [2.75, 3.05) is 0 Å². The summed E-state index contributed by atoms with van der Waals surface area (Å²) in [5.74, 6) is -0.144. The van der Waals surface area contributed by atoms with Gasteiger partial charge in [-0.1, -0.05) is 32.4 Å². The van der Waals surface area contributed by atoms with Crippen LogP contribution in [0.2, 0.25) is 0 Å². The second-order valence-corrected chi connectivity index (χ2v) is 3.95. The van der Waals surface area contributed by atoms with Crippen LogP contribution in [0, 0.1) is 11.7 Å². The fraction of sp³-hybridized carbons (Fsp3) is 0.500. The maximum absolute atomic E-state index is 12.7. The van der Waals surface area contributed by atoms with Gasteiger partial charge in [0, 0.05) is 0 Å². The number of aliphatic hydroxyl groups is 1. The summed E-state index contributed by atoms with van der Waals surface area (Å²) in [5.41, 5.74) is 6.66. The van der Waals surface area contributed by atoms with Crippen LogP contribution in [-0.4, -0.2) is 11.2 Å². The number of nitrogens with two attached hydrogens (primary N) is 1. The van der Waals surface area contributed by atoms with Gasteiger partial charge >= 0.3 is 0 Å². The van der Waals surface area contributed by atoms with Gasteiger partial charge in [-0.3, -0.25) is 0 Å². The van der Waals surface area contributed by atoms with E-state index in [4.69, 9.17) is 5.73 Å². The summed E-state index contributed by atoms with van der Waals surface area (Å²) >= 11 is 0. The summed E-state index contributed by atoms with van der Waals surface area (Å²) in [6.07, 6.45) is 0.288. The molecule has 0 spiro atoms. The lowest BCUT2D eigenvalue weighted by atomic mass is 9.92. The van der Waals surface area contributed by atoms with Gasteiger partial charge in [-0.2, -0.15) is 0 Å². The molecule has 0 aliphatic rings. The SMILES string of the molecule is CCC(C)[C@@H](O)[C@@H](N)c1ccc(F)cc1.Cl. The molecule has 3 atom stereocenters. The van der Waals surface area contributed by atoms with Gasteiger partial charge < -0.3 is 10.8 Å². The largest absolute Gasteiger partial charge is 0.391 e. The molecule has 0 amide bonds. The third-order valence-corrected chi connectivity index (χ3v) is 2.85. The minimum atomic E-state index is -0.583. The highest BCUT2D eigenvalue weighted by molar-refractivity contribution is 5.85. The Morgan fingerprint density at radius 2 is 1.81 bits per heavy atom. The maximum atomic E-state index is 12.7. The molecular formula is C12H19ClFNO. The summed E-state index contributed by atoms with van der Waals surface area (Å²) in [6.45, 7) is 3.96. The molecule has 3 N–H and O–H groups in total. The van der Waals surface area contributed by atoms with E-state index in [0.29, 0.717) is 0 Å². The van der Waals surface area contributed by atoms with Gasteiger partial charge in [-0.15, -0.1) is 12.4 Å². The molecule has 0 radical (unpaired) electrons. The number of hydrogen-bond donors (Lipinski definition) is 2. The Hall–Kier alpha value is -0.640. The standard InChI is InChI=1S/C12H18FNO.ClH/c1-3-8(2)12(15)11(14)9-4-6-10(13)7-5-9;/h4-8,11-12,15H,3,14H2,1-2H3;1H/t8?,11-,12+;/m0./s1. The highest BCUT2D eigenvalue weighted by atomic mass is 35.5. The Balaban J connectivity index is 0.00000225. The third-order valence-electron chi connectivity index (χ3n) is 2.85. The van der Waals surface area contributed by atoms with Crippen LogP contribution in [0.25, 0.3) is 0 Å². The van der Waals surface area contributed by atoms with Crippen molar-refractivity contribution in [1.82, 2.24) is 0 Å². The molecule has 1 aromatic rings. The van der Waals surface area contributed by atoms with Crippen molar-refractivity contribution in [2.45, 2.75) is 32.4 Å². The van der Waals surface area contributed by atoms with Crippen LogP contribution in [0.4, 0.5) is 4.39 Å². The average molecular weight is 248 g/mol. The average Bonchev–Trinajstić information content (AvgIpc) is 2.27. The first kappa shape index (κ1) is 15.4. The molecule has 0 aromatic heterocycles. The zero-order chi connectivity index (χ0) is 11.4. The van der Waals surface area contributed by atoms with Gasteiger partial charge in [0.25, 0.3) is 0 Å². The van der Waals surface area contributed by atoms with Crippen LogP contribution < -0.4 is 5.73 Å². The molecule has 1 aromatic carbocycles. The fourth-order valence-corrected chi connectivity index (χ4v) is 1.48. The molecule has 0 fully saturated rings. The van der Waals surface area contributed by atoms with Gasteiger partial charge in [0.1, 0.15) is 5.82 Å². The maximum Gasteiger partial charge on any atom is 0.123 e. The van der Waals surface area contributed by atoms with E-state index in [-0.39, 0.29) is 24.1 Å². The molecule has 4 heteroatoms. The number of rotatable bonds is 4. The second kappa shape index (κ2) is 6.84. The molecule has 0 bridgehead atoms. The van der Waals surface area contributed by atoms with E-state index in [1.165, 1.54) is 12.1 Å². The Morgan fingerprint density at radius 1 is 1.31 bits per heavy atom. The van der Waals surface area contributed by atoms with E-state index in [0.717, 1.165) is 12.0 Å². The Labute approximate surface area is 102 Å². The van der Waals surface area contributed by atoms with Crippen LogP contribution in [0.3, 0.4) is 0 Å². The molecule has 0 saturated carbocycles. The van der Waals surface area contributed by atoms with Gasteiger partial charge in [0.15, 0.2) is 0 Å². The number of halogens is 2. The number of benzene rings is 1. The molecule has 1 rings (SSSR count). The lowest BCUT2D eigenvalue weighted by Crippen LogP contribution is -2.31. The topological polar surface area (TPSA) is 46.2 Å². The van der Waals surface area contributed by atoms with Crippen molar-refractivity contribution in [2.24, 2.45) is 11.7 Å². The van der Waals surface area contributed by atoms with Gasteiger partial charge in [0.2, 0.25) is 0 Å². The van der Waals surface area contributed by atoms with E-state index in [2.05, 4.69) is 0 Å². The molecule has 1 unspecified atom stereocenters. The molecule has 0 heterocycles. The van der Waals surface area contributed by atoms with Crippen LogP contribution in [0.5, 0.6) is 0 Å². The third kappa shape index (κ3) is 3.74. The first-order valence-corrected chi connectivity index (χ1v) is 5.25. The van der Waals surface area contributed by atoms with Crippen molar-refractivity contribution in [3.8, 4) is 0 Å². The molecule has 0 aliphatic carbocycles. The van der Waals surface area contributed by atoms with Gasteiger partial charge in [0.05, 0.1) is 12.1 Å².